The number of sulfone groups is 1. The molecule has 1 aromatic heterocycles. The fourth-order valence-corrected chi connectivity index (χ4v) is 6.54. The van der Waals surface area contributed by atoms with Crippen LogP contribution >= 0.6 is 23.1 Å². The molecule has 34 heavy (non-hydrogen) atoms. The van der Waals surface area contributed by atoms with Crippen LogP contribution in [-0.2, 0) is 19.4 Å². The minimum Gasteiger partial charge on any atom is -0.379 e. The van der Waals surface area contributed by atoms with E-state index in [0.29, 0.717) is 31.4 Å². The van der Waals surface area contributed by atoms with Crippen molar-refractivity contribution in [2.75, 3.05) is 56.3 Å². The zero-order valence-electron chi connectivity index (χ0n) is 19.4. The average molecular weight is 520 g/mol. The summed E-state index contributed by atoms with van der Waals surface area (Å²) in [5.41, 5.74) is 1.83. The number of carbonyl (C=O) groups excluding carboxylic acids is 1. The number of ether oxygens (including phenoxy) is 1. The van der Waals surface area contributed by atoms with Crippen molar-refractivity contribution in [1.82, 2.24) is 9.88 Å². The lowest BCUT2D eigenvalue weighted by molar-refractivity contribution is -0.118. The lowest BCUT2D eigenvalue weighted by atomic mass is 10.2. The molecule has 0 aliphatic carbocycles. The number of nitrogens with zero attached hydrogens (tertiary/aromatic N) is 3. The summed E-state index contributed by atoms with van der Waals surface area (Å²) in [4.78, 5) is 23.3. The lowest BCUT2D eigenvalue weighted by Gasteiger charge is -2.29. The molecule has 2 heterocycles. The molecule has 0 N–H and O–H groups in total. The van der Waals surface area contributed by atoms with E-state index < -0.39 is 9.84 Å². The van der Waals surface area contributed by atoms with Crippen LogP contribution in [0.1, 0.15) is 12.0 Å². The predicted octanol–water partition coefficient (Wildman–Crippen LogP) is 3.86. The molecule has 1 aliphatic heterocycles. The van der Waals surface area contributed by atoms with Gasteiger partial charge in [-0.2, -0.15) is 0 Å². The van der Waals surface area contributed by atoms with Crippen LogP contribution in [0.2, 0.25) is 0 Å². The monoisotopic (exact) mass is 519 g/mol. The van der Waals surface area contributed by atoms with Gasteiger partial charge in [0, 0.05) is 37.5 Å². The zero-order chi connectivity index (χ0) is 24.1. The number of carbonyl (C=O) groups is 1. The Kier molecular flexibility index (Phi) is 8.26. The molecule has 0 atom stereocenters. The third-order valence-corrected chi connectivity index (χ3v) is 9.32. The van der Waals surface area contributed by atoms with Crippen LogP contribution in [-0.4, -0.2) is 75.6 Å². The van der Waals surface area contributed by atoms with Gasteiger partial charge in [0.25, 0.3) is 0 Å². The standard InChI is InChI=1S/C24H29N3O4S3/c1-18-3-6-20(7-4-18)34(29,30)16-9-23(28)27(11-10-26-12-14-31-15-13-26)24-25-21-8-5-19(32-2)17-22(21)33-24/h3-8,17H,9-16H2,1-2H3. The maximum Gasteiger partial charge on any atom is 0.229 e. The maximum atomic E-state index is 13.3. The summed E-state index contributed by atoms with van der Waals surface area (Å²) >= 11 is 3.13. The summed E-state index contributed by atoms with van der Waals surface area (Å²) in [5, 5.41) is 0.610. The van der Waals surface area contributed by atoms with E-state index in [1.807, 2.05) is 25.3 Å². The Morgan fingerprint density at radius 3 is 2.62 bits per heavy atom. The van der Waals surface area contributed by atoms with Crippen molar-refractivity contribution in [3.63, 3.8) is 0 Å². The number of amides is 1. The van der Waals surface area contributed by atoms with E-state index in [9.17, 15) is 13.2 Å². The normalized spacial score (nSPS) is 15.0. The molecule has 2 aromatic carbocycles. The highest BCUT2D eigenvalue weighted by molar-refractivity contribution is 7.98. The largest absolute Gasteiger partial charge is 0.379 e. The van der Waals surface area contributed by atoms with E-state index in [1.165, 1.54) is 11.3 Å². The van der Waals surface area contributed by atoms with Crippen molar-refractivity contribution in [3.8, 4) is 0 Å². The molecule has 7 nitrogen and oxygen atoms in total. The Morgan fingerprint density at radius 2 is 1.91 bits per heavy atom. The van der Waals surface area contributed by atoms with Crippen LogP contribution in [0.15, 0.2) is 52.3 Å². The number of anilines is 1. The van der Waals surface area contributed by atoms with Crippen molar-refractivity contribution in [1.29, 1.82) is 0 Å². The number of hydrogen-bond acceptors (Lipinski definition) is 8. The van der Waals surface area contributed by atoms with Gasteiger partial charge < -0.3 is 4.74 Å². The number of hydrogen-bond donors (Lipinski definition) is 0. The molecule has 4 rings (SSSR count). The third-order valence-electron chi connectivity index (χ3n) is 5.82. The first-order valence-electron chi connectivity index (χ1n) is 11.2. The number of thioether (sulfide) groups is 1. The van der Waals surface area contributed by atoms with Crippen molar-refractivity contribution >= 4 is 54.2 Å². The van der Waals surface area contributed by atoms with E-state index in [4.69, 9.17) is 9.72 Å². The van der Waals surface area contributed by atoms with Crippen LogP contribution in [0.4, 0.5) is 5.13 Å². The Labute approximate surface area is 209 Å². The fourth-order valence-electron chi connectivity index (χ4n) is 3.75. The zero-order valence-corrected chi connectivity index (χ0v) is 21.8. The SMILES string of the molecule is CSc1ccc2nc(N(CCN3CCOCC3)C(=O)CCS(=O)(=O)c3ccc(C)cc3)sc2c1. The molecule has 3 aromatic rings. The predicted molar refractivity (Wildman–Crippen MR) is 139 cm³/mol. The second-order valence-electron chi connectivity index (χ2n) is 8.21. The van der Waals surface area contributed by atoms with Crippen LogP contribution < -0.4 is 4.90 Å². The summed E-state index contributed by atoms with van der Waals surface area (Å²) in [6.07, 6.45) is 1.93. The van der Waals surface area contributed by atoms with Gasteiger partial charge in [-0.3, -0.25) is 14.6 Å². The molecule has 10 heteroatoms. The van der Waals surface area contributed by atoms with E-state index in [1.54, 1.807) is 40.9 Å². The first-order chi connectivity index (χ1) is 16.4. The topological polar surface area (TPSA) is 79.8 Å². The molecule has 1 saturated heterocycles. The number of fused-ring (bicyclic) bond motifs is 1. The Morgan fingerprint density at radius 1 is 1.18 bits per heavy atom. The minimum absolute atomic E-state index is 0.0920. The van der Waals surface area contributed by atoms with Crippen molar-refractivity contribution in [2.24, 2.45) is 0 Å². The first kappa shape index (κ1) is 25.1. The second kappa shape index (κ2) is 11.2. The third kappa shape index (κ3) is 6.17. The van der Waals surface area contributed by atoms with Crippen LogP contribution in [0.3, 0.4) is 0 Å². The van der Waals surface area contributed by atoms with Gasteiger partial charge >= 0.3 is 0 Å². The van der Waals surface area contributed by atoms with Gasteiger partial charge in [-0.05, 0) is 43.5 Å². The molecule has 0 saturated carbocycles. The number of thiazole rings is 1. The highest BCUT2D eigenvalue weighted by atomic mass is 32.2. The van der Waals surface area contributed by atoms with E-state index >= 15 is 0 Å². The van der Waals surface area contributed by atoms with Crippen molar-refractivity contribution in [2.45, 2.75) is 23.1 Å². The average Bonchev–Trinajstić information content (AvgIpc) is 3.26. The number of aromatic nitrogens is 1. The molecular weight excluding hydrogens is 490 g/mol. The van der Waals surface area contributed by atoms with Gasteiger partial charge in [-0.1, -0.05) is 29.0 Å². The quantitative estimate of drug-likeness (QED) is 0.397. The van der Waals surface area contributed by atoms with E-state index in [-0.39, 0.29) is 23.0 Å². The molecule has 0 spiro atoms. The Hall–Kier alpha value is -1.98. The lowest BCUT2D eigenvalue weighted by Crippen LogP contribution is -2.43. The highest BCUT2D eigenvalue weighted by Crippen LogP contribution is 2.32. The molecule has 1 fully saturated rings. The van der Waals surface area contributed by atoms with Gasteiger partial charge in [-0.15, -0.1) is 11.8 Å². The minimum atomic E-state index is -3.55. The Balaban J connectivity index is 1.52. The van der Waals surface area contributed by atoms with Crippen molar-refractivity contribution in [3.05, 3.63) is 48.0 Å². The van der Waals surface area contributed by atoms with Crippen LogP contribution in [0, 0.1) is 6.92 Å². The number of morpholine rings is 1. The molecule has 0 radical (unpaired) electrons. The van der Waals surface area contributed by atoms with Gasteiger partial charge in [0.05, 0.1) is 34.1 Å². The fraction of sp³-hybridized carbons (Fsp3) is 0.417. The first-order valence-corrected chi connectivity index (χ1v) is 14.9. The molecular formula is C24H29N3O4S3. The van der Waals surface area contributed by atoms with Crippen molar-refractivity contribution < 1.29 is 17.9 Å². The second-order valence-corrected chi connectivity index (χ2v) is 12.2. The Bertz CT molecular complexity index is 1240. The number of benzene rings is 2. The highest BCUT2D eigenvalue weighted by Gasteiger charge is 2.24. The molecule has 0 bridgehead atoms. The van der Waals surface area contributed by atoms with E-state index in [2.05, 4.69) is 11.0 Å². The summed E-state index contributed by atoms with van der Waals surface area (Å²) < 4.78 is 32.1. The van der Waals surface area contributed by atoms with Gasteiger partial charge in [0.1, 0.15) is 0 Å². The van der Waals surface area contributed by atoms with Crippen LogP contribution in [0.5, 0.6) is 0 Å². The molecule has 182 valence electrons. The number of aryl methyl sites for hydroxylation is 1. The smallest absolute Gasteiger partial charge is 0.229 e. The summed E-state index contributed by atoms with van der Waals surface area (Å²) in [7, 11) is -3.55. The summed E-state index contributed by atoms with van der Waals surface area (Å²) in [6.45, 7) is 6.06. The van der Waals surface area contributed by atoms with Gasteiger partial charge in [-0.25, -0.2) is 13.4 Å². The van der Waals surface area contributed by atoms with Gasteiger partial charge in [0.2, 0.25) is 5.91 Å². The maximum absolute atomic E-state index is 13.3. The molecule has 1 amide bonds. The van der Waals surface area contributed by atoms with Gasteiger partial charge in [0.15, 0.2) is 15.0 Å². The molecule has 1 aliphatic rings. The summed E-state index contributed by atoms with van der Waals surface area (Å²) in [5.74, 6) is -0.460. The number of rotatable bonds is 9. The van der Waals surface area contributed by atoms with E-state index in [0.717, 1.165) is 33.8 Å². The molecule has 0 unspecified atom stereocenters. The summed E-state index contributed by atoms with van der Waals surface area (Å²) in [6, 6.07) is 12.8. The van der Waals surface area contributed by atoms with Crippen LogP contribution in [0.25, 0.3) is 10.2 Å².